The number of hydrogen-bond donors (Lipinski definition) is 1. The van der Waals surface area contributed by atoms with Crippen LogP contribution >= 0.6 is 15.9 Å². The molecule has 2 aromatic rings. The van der Waals surface area contributed by atoms with E-state index in [4.69, 9.17) is 0 Å². The molecule has 26 heavy (non-hydrogen) atoms. The molecule has 0 unspecified atom stereocenters. The van der Waals surface area contributed by atoms with Gasteiger partial charge in [0, 0.05) is 22.0 Å². The standard InChI is InChI=1S/C18H16BrFN4O2/c1-10-5-18(10)9-24(16(26)13-3-2-11(19)4-14(13)18)8-15(25)23-17-21-6-12(20)7-22-17/h2-4,6-7,10H,5,8-9H2,1H3,(H,21,22,23,25)/t10-,18+/m1/s1. The van der Waals surface area contributed by atoms with E-state index in [1.165, 1.54) is 0 Å². The van der Waals surface area contributed by atoms with Gasteiger partial charge in [0.2, 0.25) is 11.9 Å². The molecule has 2 aliphatic rings. The minimum atomic E-state index is -0.582. The fraction of sp³-hybridized carbons (Fsp3) is 0.333. The van der Waals surface area contributed by atoms with E-state index in [0.717, 1.165) is 28.9 Å². The van der Waals surface area contributed by atoms with Gasteiger partial charge in [0.05, 0.1) is 12.4 Å². The van der Waals surface area contributed by atoms with Crippen molar-refractivity contribution in [2.24, 2.45) is 5.92 Å². The fourth-order valence-corrected chi connectivity index (χ4v) is 4.07. The van der Waals surface area contributed by atoms with E-state index in [9.17, 15) is 14.0 Å². The van der Waals surface area contributed by atoms with Crippen LogP contribution in [0.25, 0.3) is 0 Å². The Labute approximate surface area is 158 Å². The first-order valence-electron chi connectivity index (χ1n) is 8.26. The number of benzene rings is 1. The van der Waals surface area contributed by atoms with Crippen LogP contribution in [-0.4, -0.2) is 39.8 Å². The number of anilines is 1. The maximum absolute atomic E-state index is 12.9. The highest BCUT2D eigenvalue weighted by atomic mass is 79.9. The van der Waals surface area contributed by atoms with E-state index in [2.05, 4.69) is 38.1 Å². The molecule has 0 saturated heterocycles. The minimum absolute atomic E-state index is 0.0136. The molecule has 0 radical (unpaired) electrons. The summed E-state index contributed by atoms with van der Waals surface area (Å²) in [6.45, 7) is 2.57. The van der Waals surface area contributed by atoms with Gasteiger partial charge in [-0.3, -0.25) is 14.9 Å². The molecule has 1 aromatic heterocycles. The quantitative estimate of drug-likeness (QED) is 0.831. The SMILES string of the molecule is C[C@@H]1C[C@]12CN(CC(=O)Nc1ncc(F)cn1)C(=O)c1ccc(Br)cc12. The number of nitrogens with one attached hydrogen (secondary N) is 1. The third kappa shape index (κ3) is 2.88. The van der Waals surface area contributed by atoms with E-state index in [-0.39, 0.29) is 23.8 Å². The molecule has 1 aliphatic carbocycles. The molecule has 2 amide bonds. The molecule has 1 fully saturated rings. The third-order valence-electron chi connectivity index (χ3n) is 5.17. The molecule has 0 bridgehead atoms. The Hall–Kier alpha value is -2.35. The molecule has 1 saturated carbocycles. The van der Waals surface area contributed by atoms with Crippen molar-refractivity contribution in [1.29, 1.82) is 0 Å². The third-order valence-corrected chi connectivity index (χ3v) is 5.66. The first-order chi connectivity index (χ1) is 12.4. The van der Waals surface area contributed by atoms with Gasteiger partial charge in [-0.1, -0.05) is 22.9 Å². The second kappa shape index (κ2) is 6.12. The van der Waals surface area contributed by atoms with Crippen LogP contribution in [0.15, 0.2) is 35.1 Å². The Balaban J connectivity index is 1.54. The highest BCUT2D eigenvalue weighted by molar-refractivity contribution is 9.10. The van der Waals surface area contributed by atoms with Gasteiger partial charge in [-0.05, 0) is 36.1 Å². The molecule has 8 heteroatoms. The van der Waals surface area contributed by atoms with Crippen molar-refractivity contribution < 1.29 is 14.0 Å². The van der Waals surface area contributed by atoms with Crippen molar-refractivity contribution >= 4 is 33.7 Å². The Morgan fingerprint density at radius 2 is 2.12 bits per heavy atom. The van der Waals surface area contributed by atoms with Crippen molar-refractivity contribution in [3.05, 3.63) is 52.0 Å². The predicted octanol–water partition coefficient (Wildman–Crippen LogP) is 2.75. The zero-order valence-electron chi connectivity index (χ0n) is 14.0. The first kappa shape index (κ1) is 17.1. The van der Waals surface area contributed by atoms with Crippen LogP contribution in [0.2, 0.25) is 0 Å². The van der Waals surface area contributed by atoms with Crippen LogP contribution in [-0.2, 0) is 10.2 Å². The molecule has 1 N–H and O–H groups in total. The van der Waals surface area contributed by atoms with E-state index >= 15 is 0 Å². The Morgan fingerprint density at radius 1 is 1.42 bits per heavy atom. The summed E-state index contributed by atoms with van der Waals surface area (Å²) in [5.74, 6) is -0.683. The average molecular weight is 419 g/mol. The van der Waals surface area contributed by atoms with E-state index in [1.807, 2.05) is 18.2 Å². The van der Waals surface area contributed by atoms with Gasteiger partial charge in [-0.15, -0.1) is 0 Å². The number of amides is 2. The Bertz CT molecular complexity index is 905. The van der Waals surface area contributed by atoms with E-state index in [1.54, 1.807) is 4.90 Å². The summed E-state index contributed by atoms with van der Waals surface area (Å²) in [7, 11) is 0. The molecular formula is C18H16BrFN4O2. The van der Waals surface area contributed by atoms with Gasteiger partial charge in [0.15, 0.2) is 5.82 Å². The second-order valence-electron chi connectivity index (χ2n) is 6.89. The zero-order valence-corrected chi connectivity index (χ0v) is 15.6. The molecule has 2 heterocycles. The Kier molecular flexibility index (Phi) is 4.02. The molecule has 1 aromatic carbocycles. The lowest BCUT2D eigenvalue weighted by Crippen LogP contribution is -2.47. The van der Waals surface area contributed by atoms with Gasteiger partial charge < -0.3 is 4.90 Å². The maximum atomic E-state index is 12.9. The molecule has 1 spiro atoms. The van der Waals surface area contributed by atoms with Crippen LogP contribution < -0.4 is 5.32 Å². The lowest BCUT2D eigenvalue weighted by molar-refractivity contribution is -0.117. The number of carbonyl (C=O) groups excluding carboxylic acids is 2. The average Bonchev–Trinajstić information content (AvgIpc) is 3.25. The number of rotatable bonds is 3. The molecule has 6 nitrogen and oxygen atoms in total. The second-order valence-corrected chi connectivity index (χ2v) is 7.80. The largest absolute Gasteiger partial charge is 0.328 e. The summed E-state index contributed by atoms with van der Waals surface area (Å²) in [5, 5.41) is 2.50. The topological polar surface area (TPSA) is 75.2 Å². The molecule has 134 valence electrons. The minimum Gasteiger partial charge on any atom is -0.328 e. The summed E-state index contributed by atoms with van der Waals surface area (Å²) < 4.78 is 13.8. The summed E-state index contributed by atoms with van der Waals surface area (Å²) >= 11 is 3.48. The summed E-state index contributed by atoms with van der Waals surface area (Å²) in [5.41, 5.74) is 1.62. The predicted molar refractivity (Wildman–Crippen MR) is 96.1 cm³/mol. The number of aromatic nitrogens is 2. The smallest absolute Gasteiger partial charge is 0.254 e. The monoisotopic (exact) mass is 418 g/mol. The van der Waals surface area contributed by atoms with Crippen LogP contribution in [0.1, 0.15) is 29.3 Å². The van der Waals surface area contributed by atoms with Gasteiger partial charge in [-0.25, -0.2) is 14.4 Å². The fourth-order valence-electron chi connectivity index (χ4n) is 3.71. The van der Waals surface area contributed by atoms with Crippen molar-refractivity contribution in [1.82, 2.24) is 14.9 Å². The summed E-state index contributed by atoms with van der Waals surface area (Å²) in [4.78, 5) is 34.1. The van der Waals surface area contributed by atoms with Crippen LogP contribution in [0.3, 0.4) is 0 Å². The number of hydrogen-bond acceptors (Lipinski definition) is 4. The lowest BCUT2D eigenvalue weighted by atomic mass is 9.85. The highest BCUT2D eigenvalue weighted by Gasteiger charge is 2.57. The molecule has 2 atom stereocenters. The molecular weight excluding hydrogens is 403 g/mol. The van der Waals surface area contributed by atoms with Gasteiger partial charge in [0.1, 0.15) is 6.54 Å². The number of halogens is 2. The summed E-state index contributed by atoms with van der Waals surface area (Å²) in [6, 6.07) is 5.66. The number of fused-ring (bicyclic) bond motifs is 2. The van der Waals surface area contributed by atoms with Crippen molar-refractivity contribution in [3.8, 4) is 0 Å². The summed E-state index contributed by atoms with van der Waals surface area (Å²) in [6.07, 6.45) is 2.94. The number of carbonyl (C=O) groups is 2. The van der Waals surface area contributed by atoms with Crippen molar-refractivity contribution in [3.63, 3.8) is 0 Å². The van der Waals surface area contributed by atoms with Crippen molar-refractivity contribution in [2.45, 2.75) is 18.8 Å². The van der Waals surface area contributed by atoms with Gasteiger partial charge >= 0.3 is 0 Å². The molecule has 4 rings (SSSR count). The van der Waals surface area contributed by atoms with Crippen LogP contribution in [0, 0.1) is 11.7 Å². The van der Waals surface area contributed by atoms with Gasteiger partial charge in [0.25, 0.3) is 5.91 Å². The van der Waals surface area contributed by atoms with E-state index in [0.29, 0.717) is 18.0 Å². The lowest BCUT2D eigenvalue weighted by Gasteiger charge is -2.35. The van der Waals surface area contributed by atoms with E-state index < -0.39 is 11.7 Å². The van der Waals surface area contributed by atoms with Crippen molar-refractivity contribution in [2.75, 3.05) is 18.4 Å². The highest BCUT2D eigenvalue weighted by Crippen LogP contribution is 2.57. The zero-order chi connectivity index (χ0) is 18.5. The van der Waals surface area contributed by atoms with Crippen LogP contribution in [0.4, 0.5) is 10.3 Å². The Morgan fingerprint density at radius 3 is 2.77 bits per heavy atom. The number of nitrogens with zero attached hydrogens (tertiary/aromatic N) is 3. The van der Waals surface area contributed by atoms with Gasteiger partial charge in [-0.2, -0.15) is 0 Å². The normalized spacial score (nSPS) is 23.7. The van der Waals surface area contributed by atoms with Crippen LogP contribution in [0.5, 0.6) is 0 Å². The molecule has 1 aliphatic heterocycles. The maximum Gasteiger partial charge on any atom is 0.254 e. The first-order valence-corrected chi connectivity index (χ1v) is 9.05.